The predicted molar refractivity (Wildman–Crippen MR) is 59.1 cm³/mol. The Kier molecular flexibility index (Phi) is 4.36. The Hall–Kier alpha value is -0.800. The summed E-state index contributed by atoms with van der Waals surface area (Å²) in [6.07, 6.45) is 0. The summed E-state index contributed by atoms with van der Waals surface area (Å²) in [5.74, 6) is -1.11. The summed E-state index contributed by atoms with van der Waals surface area (Å²) in [6, 6.07) is 3.82. The summed E-state index contributed by atoms with van der Waals surface area (Å²) in [6.45, 7) is 2.02. The van der Waals surface area contributed by atoms with Gasteiger partial charge in [-0.05, 0) is 25.1 Å². The molecule has 1 unspecified atom stereocenters. The van der Waals surface area contributed by atoms with Crippen LogP contribution >= 0.6 is 23.2 Å². The van der Waals surface area contributed by atoms with Crippen LogP contribution in [0.25, 0.3) is 0 Å². The van der Waals surface area contributed by atoms with Gasteiger partial charge in [-0.15, -0.1) is 11.6 Å². The highest BCUT2D eigenvalue weighted by Crippen LogP contribution is 2.14. The van der Waals surface area contributed by atoms with Gasteiger partial charge in [0.25, 0.3) is 5.91 Å². The Morgan fingerprint density at radius 1 is 1.60 bits per heavy atom. The summed E-state index contributed by atoms with van der Waals surface area (Å²) in [5.41, 5.74) is -0.0696. The Morgan fingerprint density at radius 2 is 2.27 bits per heavy atom. The summed E-state index contributed by atoms with van der Waals surface area (Å²) < 4.78 is 13.2. The molecule has 0 bridgehead atoms. The second-order valence-corrected chi connectivity index (χ2v) is 4.30. The van der Waals surface area contributed by atoms with Crippen molar-refractivity contribution in [3.05, 3.63) is 34.6 Å². The van der Waals surface area contributed by atoms with E-state index >= 15 is 0 Å². The first-order valence-electron chi connectivity index (χ1n) is 4.38. The minimum atomic E-state index is -0.598. The molecule has 0 aliphatic heterocycles. The van der Waals surface area contributed by atoms with E-state index in [1.807, 2.05) is 0 Å². The van der Waals surface area contributed by atoms with Crippen molar-refractivity contribution in [2.24, 2.45) is 0 Å². The average Bonchev–Trinajstić information content (AvgIpc) is 2.18. The first-order chi connectivity index (χ1) is 7.00. The zero-order valence-electron chi connectivity index (χ0n) is 8.06. The summed E-state index contributed by atoms with van der Waals surface area (Å²) >= 11 is 11.3. The van der Waals surface area contributed by atoms with Gasteiger partial charge in [-0.3, -0.25) is 4.79 Å². The van der Waals surface area contributed by atoms with Crippen molar-refractivity contribution in [3.8, 4) is 0 Å². The Bertz CT molecular complexity index is 368. The molecule has 82 valence electrons. The van der Waals surface area contributed by atoms with E-state index in [-0.39, 0.29) is 17.5 Å². The third-order valence-electron chi connectivity index (χ3n) is 1.72. The Morgan fingerprint density at radius 3 is 2.87 bits per heavy atom. The maximum Gasteiger partial charge on any atom is 0.254 e. The molecular formula is C10H10Cl2FNO. The van der Waals surface area contributed by atoms with Gasteiger partial charge in [-0.25, -0.2) is 4.39 Å². The van der Waals surface area contributed by atoms with Crippen LogP contribution in [0.1, 0.15) is 17.3 Å². The molecule has 15 heavy (non-hydrogen) atoms. The first-order valence-corrected chi connectivity index (χ1v) is 5.19. The van der Waals surface area contributed by atoms with Gasteiger partial charge in [0.15, 0.2) is 0 Å². The average molecular weight is 250 g/mol. The normalized spacial score (nSPS) is 12.3. The van der Waals surface area contributed by atoms with E-state index in [4.69, 9.17) is 23.2 Å². The second-order valence-electron chi connectivity index (χ2n) is 3.11. The van der Waals surface area contributed by atoms with E-state index in [2.05, 4.69) is 5.32 Å². The third kappa shape index (κ3) is 3.68. The van der Waals surface area contributed by atoms with Crippen LogP contribution < -0.4 is 5.32 Å². The van der Waals surface area contributed by atoms with Crippen LogP contribution in [0.3, 0.4) is 0 Å². The number of nitrogens with one attached hydrogen (secondary N) is 1. The number of alkyl halides is 1. The highest BCUT2D eigenvalue weighted by Gasteiger charge is 2.12. The molecule has 0 saturated carbocycles. The van der Waals surface area contributed by atoms with Crippen LogP contribution in [0.5, 0.6) is 0 Å². The minimum Gasteiger partial charge on any atom is -0.350 e. The number of carbonyl (C=O) groups excluding carboxylic acids is 1. The fourth-order valence-corrected chi connectivity index (χ4v) is 1.25. The van der Waals surface area contributed by atoms with Crippen LogP contribution in [0.4, 0.5) is 4.39 Å². The van der Waals surface area contributed by atoms with Crippen LogP contribution in [0.2, 0.25) is 5.02 Å². The number of rotatable bonds is 3. The molecule has 1 aromatic carbocycles. The molecule has 0 fully saturated rings. The molecule has 1 N–H and O–H groups in total. The SMILES string of the molecule is CC(Cl)CNC(=O)c1cc(Cl)ccc1F. The van der Waals surface area contributed by atoms with Gasteiger partial charge in [0.2, 0.25) is 0 Å². The highest BCUT2D eigenvalue weighted by molar-refractivity contribution is 6.31. The monoisotopic (exact) mass is 249 g/mol. The van der Waals surface area contributed by atoms with Crippen molar-refractivity contribution in [1.82, 2.24) is 5.32 Å². The van der Waals surface area contributed by atoms with Gasteiger partial charge in [0, 0.05) is 16.9 Å². The zero-order chi connectivity index (χ0) is 11.4. The fourth-order valence-electron chi connectivity index (χ4n) is 1.00. The van der Waals surface area contributed by atoms with Gasteiger partial charge in [-0.2, -0.15) is 0 Å². The van der Waals surface area contributed by atoms with Crippen molar-refractivity contribution in [2.75, 3.05) is 6.54 Å². The predicted octanol–water partition coefficient (Wildman–Crippen LogP) is 2.84. The van der Waals surface area contributed by atoms with Gasteiger partial charge in [0.1, 0.15) is 5.82 Å². The molecule has 0 aliphatic rings. The number of halogens is 3. The highest BCUT2D eigenvalue weighted by atomic mass is 35.5. The van der Waals surface area contributed by atoms with E-state index in [0.29, 0.717) is 5.02 Å². The van der Waals surface area contributed by atoms with Gasteiger partial charge in [0.05, 0.1) is 5.56 Å². The number of amides is 1. The number of benzene rings is 1. The molecule has 0 heterocycles. The smallest absolute Gasteiger partial charge is 0.254 e. The van der Waals surface area contributed by atoms with Crippen LogP contribution in [0.15, 0.2) is 18.2 Å². The van der Waals surface area contributed by atoms with Crippen molar-refractivity contribution >= 4 is 29.1 Å². The van der Waals surface area contributed by atoms with Gasteiger partial charge < -0.3 is 5.32 Å². The standard InChI is InChI=1S/C10H10Cl2FNO/c1-6(11)5-14-10(15)8-4-7(12)2-3-9(8)13/h2-4,6H,5H2,1H3,(H,14,15). The van der Waals surface area contributed by atoms with Crippen molar-refractivity contribution in [3.63, 3.8) is 0 Å². The summed E-state index contributed by atoms with van der Waals surface area (Å²) in [5, 5.41) is 2.62. The summed E-state index contributed by atoms with van der Waals surface area (Å²) in [4.78, 5) is 11.5. The minimum absolute atomic E-state index is 0.0696. The van der Waals surface area contributed by atoms with Crippen LogP contribution in [-0.2, 0) is 0 Å². The van der Waals surface area contributed by atoms with E-state index in [0.717, 1.165) is 6.07 Å². The molecule has 0 radical (unpaired) electrons. The molecule has 1 amide bonds. The molecule has 1 atom stereocenters. The molecule has 1 aromatic rings. The van der Waals surface area contributed by atoms with Crippen molar-refractivity contribution in [2.45, 2.75) is 12.3 Å². The second kappa shape index (κ2) is 5.33. The largest absolute Gasteiger partial charge is 0.350 e. The van der Waals surface area contributed by atoms with E-state index in [1.54, 1.807) is 6.92 Å². The van der Waals surface area contributed by atoms with Gasteiger partial charge in [-0.1, -0.05) is 11.6 Å². The van der Waals surface area contributed by atoms with Crippen molar-refractivity contribution in [1.29, 1.82) is 0 Å². The molecule has 2 nitrogen and oxygen atoms in total. The van der Waals surface area contributed by atoms with Gasteiger partial charge >= 0.3 is 0 Å². The molecule has 0 aliphatic carbocycles. The lowest BCUT2D eigenvalue weighted by molar-refractivity contribution is 0.0950. The quantitative estimate of drug-likeness (QED) is 0.821. The van der Waals surface area contributed by atoms with E-state index < -0.39 is 11.7 Å². The third-order valence-corrected chi connectivity index (χ3v) is 2.11. The van der Waals surface area contributed by atoms with Crippen LogP contribution in [0, 0.1) is 5.82 Å². The molecular weight excluding hydrogens is 240 g/mol. The Balaban J connectivity index is 2.77. The maximum atomic E-state index is 13.2. The maximum absolute atomic E-state index is 13.2. The van der Waals surface area contributed by atoms with Crippen molar-refractivity contribution < 1.29 is 9.18 Å². The topological polar surface area (TPSA) is 29.1 Å². The first kappa shape index (κ1) is 12.3. The summed E-state index contributed by atoms with van der Waals surface area (Å²) in [7, 11) is 0. The Labute approximate surface area is 97.4 Å². The molecule has 1 rings (SSSR count). The zero-order valence-corrected chi connectivity index (χ0v) is 9.57. The van der Waals surface area contributed by atoms with Crippen LogP contribution in [-0.4, -0.2) is 17.8 Å². The molecule has 5 heteroatoms. The lowest BCUT2D eigenvalue weighted by atomic mass is 10.2. The lowest BCUT2D eigenvalue weighted by Crippen LogP contribution is -2.29. The van der Waals surface area contributed by atoms with E-state index in [1.165, 1.54) is 12.1 Å². The number of hydrogen-bond donors (Lipinski definition) is 1. The molecule has 0 saturated heterocycles. The number of carbonyl (C=O) groups is 1. The lowest BCUT2D eigenvalue weighted by Gasteiger charge is -2.07. The fraction of sp³-hybridized carbons (Fsp3) is 0.300. The van der Waals surface area contributed by atoms with E-state index in [9.17, 15) is 9.18 Å². The number of hydrogen-bond acceptors (Lipinski definition) is 1. The molecule has 0 spiro atoms. The molecule has 0 aromatic heterocycles.